The van der Waals surface area contributed by atoms with Gasteiger partial charge in [0.1, 0.15) is 0 Å². The van der Waals surface area contributed by atoms with Gasteiger partial charge in [0.15, 0.2) is 0 Å². The lowest BCUT2D eigenvalue weighted by molar-refractivity contribution is 0.709. The van der Waals surface area contributed by atoms with Crippen LogP contribution in [0.1, 0.15) is 18.9 Å². The molecule has 0 bridgehead atoms. The van der Waals surface area contributed by atoms with Gasteiger partial charge in [0.25, 0.3) is 0 Å². The Morgan fingerprint density at radius 1 is 1.18 bits per heavy atom. The molecular formula is C11H12. The van der Waals surface area contributed by atoms with Crippen molar-refractivity contribution in [3.8, 4) is 0 Å². The van der Waals surface area contributed by atoms with Gasteiger partial charge in [0.05, 0.1) is 0 Å². The lowest BCUT2D eigenvalue weighted by Crippen LogP contribution is -2.06. The van der Waals surface area contributed by atoms with Gasteiger partial charge in [-0.2, -0.15) is 0 Å². The minimum atomic E-state index is 0.775. The van der Waals surface area contributed by atoms with Crippen molar-refractivity contribution in [2.45, 2.75) is 13.3 Å². The second-order valence-electron chi connectivity index (χ2n) is 3.16. The molecule has 56 valence electrons. The van der Waals surface area contributed by atoms with E-state index in [0.717, 1.165) is 5.92 Å². The Labute approximate surface area is 67.6 Å². The van der Waals surface area contributed by atoms with Gasteiger partial charge < -0.3 is 0 Å². The summed E-state index contributed by atoms with van der Waals surface area (Å²) in [7, 11) is 0. The summed E-state index contributed by atoms with van der Waals surface area (Å²) in [6.07, 6.45) is 3.57. The zero-order chi connectivity index (χ0) is 7.68. The number of hydrogen-bond donors (Lipinski definition) is 0. The topological polar surface area (TPSA) is 0 Å². The van der Waals surface area contributed by atoms with E-state index in [-0.39, 0.29) is 0 Å². The van der Waals surface area contributed by atoms with Gasteiger partial charge in [-0.05, 0) is 23.5 Å². The number of benzene rings is 1. The Hall–Kier alpha value is -1.04. The zero-order valence-electron chi connectivity index (χ0n) is 6.75. The molecule has 0 heterocycles. The lowest BCUT2D eigenvalue weighted by atomic mass is 9.82. The van der Waals surface area contributed by atoms with Crippen LogP contribution in [0.25, 0.3) is 5.57 Å². The molecule has 0 aromatic heterocycles. The lowest BCUT2D eigenvalue weighted by Gasteiger charge is -2.23. The molecule has 11 heavy (non-hydrogen) atoms. The first kappa shape index (κ1) is 6.66. The fourth-order valence-electron chi connectivity index (χ4n) is 1.50. The molecule has 1 atom stereocenters. The van der Waals surface area contributed by atoms with Gasteiger partial charge in [-0.1, -0.05) is 43.3 Å². The highest BCUT2D eigenvalue weighted by Crippen LogP contribution is 2.34. The van der Waals surface area contributed by atoms with Crippen molar-refractivity contribution in [3.63, 3.8) is 0 Å². The Kier molecular flexibility index (Phi) is 1.54. The van der Waals surface area contributed by atoms with Gasteiger partial charge in [-0.25, -0.2) is 0 Å². The van der Waals surface area contributed by atoms with Crippen molar-refractivity contribution >= 4 is 5.57 Å². The van der Waals surface area contributed by atoms with Crippen LogP contribution in [0.3, 0.4) is 0 Å². The summed E-state index contributed by atoms with van der Waals surface area (Å²) in [4.78, 5) is 0. The molecule has 2 rings (SSSR count). The van der Waals surface area contributed by atoms with E-state index in [1.54, 1.807) is 0 Å². The molecule has 0 heteroatoms. The van der Waals surface area contributed by atoms with Crippen LogP contribution in [0.4, 0.5) is 0 Å². The van der Waals surface area contributed by atoms with E-state index in [4.69, 9.17) is 0 Å². The molecule has 0 radical (unpaired) electrons. The van der Waals surface area contributed by atoms with Gasteiger partial charge in [-0.3, -0.25) is 0 Å². The highest BCUT2D eigenvalue weighted by atomic mass is 14.2. The van der Waals surface area contributed by atoms with Crippen LogP contribution < -0.4 is 0 Å². The first-order chi connectivity index (χ1) is 5.38. The van der Waals surface area contributed by atoms with E-state index in [1.165, 1.54) is 17.6 Å². The normalized spacial score (nSPS) is 22.3. The summed E-state index contributed by atoms with van der Waals surface area (Å²) in [5.41, 5.74) is 2.91. The predicted octanol–water partition coefficient (Wildman–Crippen LogP) is 3.11. The highest BCUT2D eigenvalue weighted by Gasteiger charge is 2.16. The van der Waals surface area contributed by atoms with E-state index >= 15 is 0 Å². The predicted molar refractivity (Wildman–Crippen MR) is 48.2 cm³/mol. The van der Waals surface area contributed by atoms with Crippen LogP contribution in [0.15, 0.2) is 36.4 Å². The van der Waals surface area contributed by atoms with Crippen molar-refractivity contribution in [2.24, 2.45) is 5.92 Å². The molecule has 0 spiro atoms. The fourth-order valence-corrected chi connectivity index (χ4v) is 1.50. The van der Waals surface area contributed by atoms with Crippen molar-refractivity contribution in [3.05, 3.63) is 42.0 Å². The molecule has 0 aliphatic heterocycles. The monoisotopic (exact) mass is 144 g/mol. The van der Waals surface area contributed by atoms with Crippen LogP contribution in [-0.4, -0.2) is 0 Å². The second-order valence-corrected chi connectivity index (χ2v) is 3.16. The minimum Gasteiger partial charge on any atom is -0.0798 e. The largest absolute Gasteiger partial charge is 0.0798 e. The summed E-state index contributed by atoms with van der Waals surface area (Å²) in [5, 5.41) is 0. The first-order valence-corrected chi connectivity index (χ1v) is 4.13. The van der Waals surface area contributed by atoms with Crippen molar-refractivity contribution < 1.29 is 0 Å². The van der Waals surface area contributed by atoms with Crippen molar-refractivity contribution in [1.82, 2.24) is 0 Å². The number of allylic oxidation sites excluding steroid dienone is 2. The quantitative estimate of drug-likeness (QED) is 0.568. The summed E-state index contributed by atoms with van der Waals surface area (Å²) < 4.78 is 0. The van der Waals surface area contributed by atoms with E-state index < -0.39 is 0 Å². The summed E-state index contributed by atoms with van der Waals surface area (Å²) >= 11 is 0. The van der Waals surface area contributed by atoms with Gasteiger partial charge in [0.2, 0.25) is 0 Å². The van der Waals surface area contributed by atoms with Gasteiger partial charge >= 0.3 is 0 Å². The van der Waals surface area contributed by atoms with Crippen LogP contribution in [0.2, 0.25) is 0 Å². The second kappa shape index (κ2) is 2.54. The van der Waals surface area contributed by atoms with Gasteiger partial charge in [-0.15, -0.1) is 0 Å². The summed E-state index contributed by atoms with van der Waals surface area (Å²) in [5.74, 6) is 0.775. The van der Waals surface area contributed by atoms with E-state index in [9.17, 15) is 0 Å². The smallest absolute Gasteiger partial charge is 0.0153 e. The Bertz CT molecular complexity index is 269. The number of rotatable bonds is 1. The molecule has 0 saturated heterocycles. The molecule has 1 aliphatic carbocycles. The SMILES string of the molecule is CC1CC=C1c1ccccc1. The van der Waals surface area contributed by atoms with Gasteiger partial charge in [0, 0.05) is 0 Å². The standard InChI is InChI=1S/C11H12/c1-9-7-8-11(9)10-5-3-2-4-6-10/h2-6,8-9H,7H2,1H3. The average Bonchev–Trinajstić information content (AvgIpc) is 2.04. The maximum atomic E-state index is 2.32. The highest BCUT2D eigenvalue weighted by molar-refractivity contribution is 5.71. The van der Waals surface area contributed by atoms with Crippen molar-refractivity contribution in [1.29, 1.82) is 0 Å². The minimum absolute atomic E-state index is 0.775. The van der Waals surface area contributed by atoms with Crippen molar-refractivity contribution in [2.75, 3.05) is 0 Å². The van der Waals surface area contributed by atoms with Crippen LogP contribution in [0, 0.1) is 5.92 Å². The van der Waals surface area contributed by atoms with E-state index in [0.29, 0.717) is 0 Å². The summed E-state index contributed by atoms with van der Waals surface area (Å²) in [6, 6.07) is 10.6. The zero-order valence-corrected chi connectivity index (χ0v) is 6.75. The Morgan fingerprint density at radius 3 is 2.36 bits per heavy atom. The number of hydrogen-bond acceptors (Lipinski definition) is 0. The summed E-state index contributed by atoms with van der Waals surface area (Å²) in [6.45, 7) is 2.28. The molecular weight excluding hydrogens is 132 g/mol. The maximum Gasteiger partial charge on any atom is -0.0153 e. The molecule has 0 amide bonds. The molecule has 1 aliphatic rings. The Morgan fingerprint density at radius 2 is 1.91 bits per heavy atom. The third-order valence-electron chi connectivity index (χ3n) is 2.33. The molecule has 0 saturated carbocycles. The van der Waals surface area contributed by atoms with Crippen LogP contribution >= 0.6 is 0 Å². The molecule has 1 aromatic rings. The third kappa shape index (κ3) is 1.09. The Balaban J connectivity index is 2.31. The molecule has 0 N–H and O–H groups in total. The fraction of sp³-hybridized carbons (Fsp3) is 0.273. The average molecular weight is 144 g/mol. The first-order valence-electron chi connectivity index (χ1n) is 4.13. The molecule has 1 aromatic carbocycles. The van der Waals surface area contributed by atoms with E-state index in [2.05, 4.69) is 43.3 Å². The van der Waals surface area contributed by atoms with Crippen LogP contribution in [0.5, 0.6) is 0 Å². The van der Waals surface area contributed by atoms with E-state index in [1.807, 2.05) is 0 Å². The van der Waals surface area contributed by atoms with Crippen LogP contribution in [-0.2, 0) is 0 Å². The molecule has 0 nitrogen and oxygen atoms in total. The molecule has 1 unspecified atom stereocenters. The maximum absolute atomic E-state index is 2.32. The molecule has 0 fully saturated rings. The third-order valence-corrected chi connectivity index (χ3v) is 2.33.